The summed E-state index contributed by atoms with van der Waals surface area (Å²) < 4.78 is 7.74. The Labute approximate surface area is 215 Å². The van der Waals surface area contributed by atoms with E-state index < -0.39 is 0 Å². The van der Waals surface area contributed by atoms with Crippen LogP contribution in [0.1, 0.15) is 76.1 Å². The van der Waals surface area contributed by atoms with Crippen LogP contribution in [0.5, 0.6) is 5.75 Å². The number of amides is 2. The van der Waals surface area contributed by atoms with Crippen LogP contribution in [0.4, 0.5) is 4.79 Å². The van der Waals surface area contributed by atoms with Gasteiger partial charge in [-0.2, -0.15) is 0 Å². The summed E-state index contributed by atoms with van der Waals surface area (Å²) in [6, 6.07) is 5.91. The summed E-state index contributed by atoms with van der Waals surface area (Å²) in [5.41, 5.74) is 3.40. The first-order chi connectivity index (χ1) is 17.4. The largest absolute Gasteiger partial charge is 0.497 e. The fourth-order valence-corrected chi connectivity index (χ4v) is 7.21. The Morgan fingerprint density at radius 1 is 1.19 bits per heavy atom. The van der Waals surface area contributed by atoms with E-state index >= 15 is 0 Å². The van der Waals surface area contributed by atoms with Gasteiger partial charge in [-0.05, 0) is 76.2 Å². The average Bonchev–Trinajstić information content (AvgIpc) is 3.18. The molecule has 2 aliphatic heterocycles. The minimum Gasteiger partial charge on any atom is -0.497 e. The number of carbonyl (C=O) groups excluding carboxylic acids is 1. The van der Waals surface area contributed by atoms with Crippen LogP contribution >= 0.6 is 0 Å². The van der Waals surface area contributed by atoms with Crippen molar-refractivity contribution in [3.63, 3.8) is 0 Å². The van der Waals surface area contributed by atoms with E-state index in [1.54, 1.807) is 7.11 Å². The van der Waals surface area contributed by atoms with E-state index in [0.717, 1.165) is 48.8 Å². The van der Waals surface area contributed by atoms with Gasteiger partial charge in [0.2, 0.25) is 0 Å². The molecule has 7 nitrogen and oxygen atoms in total. The summed E-state index contributed by atoms with van der Waals surface area (Å²) in [7, 11) is 3.76. The molecule has 36 heavy (non-hydrogen) atoms. The summed E-state index contributed by atoms with van der Waals surface area (Å²) in [4.78, 5) is 18.0. The van der Waals surface area contributed by atoms with Crippen LogP contribution in [-0.4, -0.2) is 71.4 Å². The van der Waals surface area contributed by atoms with Gasteiger partial charge in [-0.1, -0.05) is 19.3 Å². The van der Waals surface area contributed by atoms with Gasteiger partial charge in [-0.3, -0.25) is 0 Å². The molecule has 0 radical (unpaired) electrons. The van der Waals surface area contributed by atoms with Crippen molar-refractivity contribution in [1.82, 2.24) is 19.7 Å². The van der Waals surface area contributed by atoms with E-state index in [2.05, 4.69) is 34.0 Å². The van der Waals surface area contributed by atoms with E-state index in [-0.39, 0.29) is 30.1 Å². The van der Waals surface area contributed by atoms with Crippen LogP contribution in [0.15, 0.2) is 18.2 Å². The van der Waals surface area contributed by atoms with Gasteiger partial charge in [0.15, 0.2) is 0 Å². The Hall–Kier alpha value is -2.25. The number of rotatable bonds is 5. The second-order valence-electron chi connectivity index (χ2n) is 11.7. The SMILES string of the molecule is COc1ccc2c3c(n(C)c2c1)[C@H](CO)N(C(=O)NC(C)C)CC31CCN(CC2CCCCC2)CC1. The zero-order chi connectivity index (χ0) is 25.4. The zero-order valence-electron chi connectivity index (χ0n) is 22.6. The number of piperidine rings is 1. The van der Waals surface area contributed by atoms with Crippen LogP contribution < -0.4 is 10.1 Å². The number of nitrogens with zero attached hydrogens (tertiary/aromatic N) is 3. The minimum atomic E-state index is -0.368. The Morgan fingerprint density at radius 3 is 2.56 bits per heavy atom. The summed E-state index contributed by atoms with van der Waals surface area (Å²) in [5.74, 6) is 1.67. The van der Waals surface area contributed by atoms with E-state index in [9.17, 15) is 9.90 Å². The lowest BCUT2D eigenvalue weighted by Gasteiger charge is -2.51. The Kier molecular flexibility index (Phi) is 7.23. The molecule has 1 saturated heterocycles. The van der Waals surface area contributed by atoms with Crippen LogP contribution in [0.3, 0.4) is 0 Å². The third-order valence-electron chi connectivity index (χ3n) is 9.05. The van der Waals surface area contributed by atoms with Crippen molar-refractivity contribution in [3.8, 4) is 5.75 Å². The normalized spacial score (nSPS) is 22.8. The van der Waals surface area contributed by atoms with E-state index in [0.29, 0.717) is 6.54 Å². The number of carbonyl (C=O) groups is 1. The van der Waals surface area contributed by atoms with Gasteiger partial charge in [-0.15, -0.1) is 0 Å². The number of likely N-dealkylation sites (tertiary alicyclic amines) is 1. The van der Waals surface area contributed by atoms with Crippen LogP contribution in [0.2, 0.25) is 0 Å². The summed E-state index contributed by atoms with van der Waals surface area (Å²) in [5, 5.41) is 14.9. The number of fused-ring (bicyclic) bond motifs is 4. The molecule has 2 amide bonds. The summed E-state index contributed by atoms with van der Waals surface area (Å²) in [6.45, 7) is 7.87. The van der Waals surface area contributed by atoms with E-state index in [1.807, 2.05) is 24.8 Å². The lowest BCUT2D eigenvalue weighted by molar-refractivity contribution is 0.0601. The Morgan fingerprint density at radius 2 is 1.92 bits per heavy atom. The van der Waals surface area contributed by atoms with Gasteiger partial charge in [0.25, 0.3) is 0 Å². The molecule has 3 heterocycles. The molecule has 2 N–H and O–H groups in total. The van der Waals surface area contributed by atoms with Crippen molar-refractivity contribution in [1.29, 1.82) is 0 Å². The molecule has 1 aromatic heterocycles. The number of benzene rings is 1. The number of methoxy groups -OCH3 is 1. The molecule has 0 unspecified atom stereocenters. The van der Waals surface area contributed by atoms with Gasteiger partial charge in [0.05, 0.1) is 25.3 Å². The molecule has 1 spiro atoms. The third kappa shape index (κ3) is 4.49. The number of aromatic nitrogens is 1. The molecule has 198 valence electrons. The van der Waals surface area contributed by atoms with Crippen LogP contribution in [0, 0.1) is 5.92 Å². The molecule has 5 rings (SSSR count). The Bertz CT molecular complexity index is 1080. The van der Waals surface area contributed by atoms with Crippen LogP contribution in [-0.2, 0) is 12.5 Å². The minimum absolute atomic E-state index is 0.0447. The van der Waals surface area contributed by atoms with Crippen molar-refractivity contribution in [2.24, 2.45) is 13.0 Å². The summed E-state index contributed by atoms with van der Waals surface area (Å²) in [6.07, 6.45) is 8.97. The maximum Gasteiger partial charge on any atom is 0.318 e. The number of hydrogen-bond acceptors (Lipinski definition) is 4. The first-order valence-corrected chi connectivity index (χ1v) is 13.9. The van der Waals surface area contributed by atoms with Gasteiger partial charge in [0, 0.05) is 48.7 Å². The van der Waals surface area contributed by atoms with Crippen molar-refractivity contribution in [3.05, 3.63) is 29.5 Å². The number of aliphatic hydroxyl groups excluding tert-OH is 1. The topological polar surface area (TPSA) is 70.0 Å². The molecule has 2 aromatic rings. The van der Waals surface area contributed by atoms with Crippen molar-refractivity contribution in [2.75, 3.05) is 39.9 Å². The van der Waals surface area contributed by atoms with Crippen molar-refractivity contribution < 1.29 is 14.6 Å². The molecule has 1 atom stereocenters. The fourth-order valence-electron chi connectivity index (χ4n) is 7.21. The first-order valence-electron chi connectivity index (χ1n) is 13.9. The predicted molar refractivity (Wildman–Crippen MR) is 144 cm³/mol. The molecular formula is C29H44N4O3. The highest BCUT2D eigenvalue weighted by molar-refractivity contribution is 5.89. The standard InChI is InChI=1S/C29H44N4O3/c1-20(2)30-28(35)33-19-29(12-14-32(15-13-29)17-21-8-6-5-7-9-21)26-23-11-10-22(36-4)16-24(23)31(3)27(26)25(33)18-34/h10-11,16,20-21,25,34H,5-9,12-15,17-19H2,1-4H3,(H,30,35)/t25-/m0/s1. The Balaban J connectivity index is 1.53. The maximum absolute atomic E-state index is 13.4. The number of aliphatic hydroxyl groups is 1. The molecule has 0 bridgehead atoms. The number of aryl methyl sites for hydroxylation is 1. The second-order valence-corrected chi connectivity index (χ2v) is 11.7. The van der Waals surface area contributed by atoms with Crippen LogP contribution in [0.25, 0.3) is 10.9 Å². The van der Waals surface area contributed by atoms with Gasteiger partial charge in [-0.25, -0.2) is 4.79 Å². The number of ether oxygens (including phenoxy) is 1. The molecular weight excluding hydrogens is 452 g/mol. The van der Waals surface area contributed by atoms with Gasteiger partial charge < -0.3 is 29.5 Å². The summed E-state index contributed by atoms with van der Waals surface area (Å²) >= 11 is 0. The third-order valence-corrected chi connectivity index (χ3v) is 9.05. The molecule has 7 heteroatoms. The van der Waals surface area contributed by atoms with Gasteiger partial charge in [0.1, 0.15) is 5.75 Å². The maximum atomic E-state index is 13.4. The predicted octanol–water partition coefficient (Wildman–Crippen LogP) is 4.57. The smallest absolute Gasteiger partial charge is 0.318 e. The quantitative estimate of drug-likeness (QED) is 0.636. The highest BCUT2D eigenvalue weighted by atomic mass is 16.5. The molecule has 1 aliphatic carbocycles. The van der Waals surface area contributed by atoms with Crippen molar-refractivity contribution in [2.45, 2.75) is 76.3 Å². The fraction of sp³-hybridized carbons (Fsp3) is 0.690. The number of hydrogen-bond donors (Lipinski definition) is 2. The molecule has 1 saturated carbocycles. The molecule has 3 aliphatic rings. The van der Waals surface area contributed by atoms with E-state index in [1.165, 1.54) is 49.6 Å². The highest BCUT2D eigenvalue weighted by Gasteiger charge is 2.49. The number of nitrogens with one attached hydrogen (secondary N) is 1. The van der Waals surface area contributed by atoms with Crippen molar-refractivity contribution >= 4 is 16.9 Å². The second kappa shape index (κ2) is 10.3. The lowest BCUT2D eigenvalue weighted by atomic mass is 9.68. The molecule has 2 fully saturated rings. The highest BCUT2D eigenvalue weighted by Crippen LogP contribution is 2.50. The monoisotopic (exact) mass is 496 g/mol. The van der Waals surface area contributed by atoms with Gasteiger partial charge >= 0.3 is 6.03 Å². The number of urea groups is 1. The van der Waals surface area contributed by atoms with E-state index in [4.69, 9.17) is 4.74 Å². The zero-order valence-corrected chi connectivity index (χ0v) is 22.6. The lowest BCUT2D eigenvalue weighted by Crippen LogP contribution is -2.58. The average molecular weight is 497 g/mol. The first kappa shape index (κ1) is 25.4. The molecule has 1 aromatic carbocycles.